The minimum atomic E-state index is -0.842. The van der Waals surface area contributed by atoms with E-state index in [4.69, 9.17) is 16.3 Å². The number of nitrogens with one attached hydrogen (secondary N) is 2. The zero-order valence-corrected chi connectivity index (χ0v) is 15.1. The Labute approximate surface area is 157 Å². The molecule has 0 bridgehead atoms. The first-order chi connectivity index (χ1) is 12.6. The highest BCUT2D eigenvalue weighted by molar-refractivity contribution is 6.35. The van der Waals surface area contributed by atoms with Gasteiger partial charge in [0.1, 0.15) is 5.75 Å². The Balaban J connectivity index is 1.82. The van der Waals surface area contributed by atoms with Gasteiger partial charge in [0.2, 0.25) is 0 Å². The van der Waals surface area contributed by atoms with Crippen LogP contribution in [0.5, 0.6) is 5.75 Å². The largest absolute Gasteiger partial charge is 0.492 e. The number of amides is 2. The van der Waals surface area contributed by atoms with E-state index in [1.54, 1.807) is 18.2 Å². The molecule has 2 N–H and O–H groups in total. The number of hydrogen-bond acceptors (Lipinski definition) is 4. The van der Waals surface area contributed by atoms with Gasteiger partial charge in [0, 0.05) is 6.54 Å². The first-order valence-corrected chi connectivity index (χ1v) is 8.55. The fourth-order valence-electron chi connectivity index (χ4n) is 2.00. The van der Waals surface area contributed by atoms with Gasteiger partial charge in [-0.2, -0.15) is 5.10 Å². The molecule has 0 aliphatic heterocycles. The zero-order chi connectivity index (χ0) is 18.8. The van der Waals surface area contributed by atoms with E-state index in [2.05, 4.69) is 15.8 Å². The van der Waals surface area contributed by atoms with Gasteiger partial charge in [0.15, 0.2) is 0 Å². The van der Waals surface area contributed by atoms with Crippen molar-refractivity contribution in [3.63, 3.8) is 0 Å². The van der Waals surface area contributed by atoms with Crippen LogP contribution in [0.1, 0.15) is 24.5 Å². The Morgan fingerprint density at radius 1 is 1.15 bits per heavy atom. The highest BCUT2D eigenvalue weighted by atomic mass is 35.5. The smallest absolute Gasteiger partial charge is 0.329 e. The van der Waals surface area contributed by atoms with Crippen molar-refractivity contribution in [3.05, 3.63) is 64.7 Å². The molecule has 6 nitrogen and oxygen atoms in total. The van der Waals surface area contributed by atoms with Gasteiger partial charge in [0.05, 0.1) is 17.8 Å². The van der Waals surface area contributed by atoms with Crippen LogP contribution >= 0.6 is 11.6 Å². The maximum atomic E-state index is 11.7. The number of carbonyl (C=O) groups is 2. The predicted molar refractivity (Wildman–Crippen MR) is 101 cm³/mol. The third-order valence-corrected chi connectivity index (χ3v) is 3.59. The average molecular weight is 374 g/mol. The third kappa shape index (κ3) is 6.22. The lowest BCUT2D eigenvalue weighted by Gasteiger charge is -2.07. The number of benzene rings is 2. The Kier molecular flexibility index (Phi) is 7.64. The summed E-state index contributed by atoms with van der Waals surface area (Å²) in [6.45, 7) is 2.86. The second kappa shape index (κ2) is 10.2. The van der Waals surface area contributed by atoms with E-state index >= 15 is 0 Å². The first-order valence-electron chi connectivity index (χ1n) is 8.17. The topological polar surface area (TPSA) is 79.8 Å². The van der Waals surface area contributed by atoms with Gasteiger partial charge in [-0.15, -0.1) is 0 Å². The summed E-state index contributed by atoms with van der Waals surface area (Å²) in [5, 5.41) is 6.74. The Morgan fingerprint density at radius 2 is 1.92 bits per heavy atom. The predicted octanol–water partition coefficient (Wildman–Crippen LogP) is 2.90. The van der Waals surface area contributed by atoms with Crippen LogP contribution in [0.3, 0.4) is 0 Å². The van der Waals surface area contributed by atoms with E-state index in [0.717, 1.165) is 12.0 Å². The molecule has 0 saturated carbocycles. The van der Waals surface area contributed by atoms with Crippen LogP contribution in [0.25, 0.3) is 0 Å². The van der Waals surface area contributed by atoms with Crippen molar-refractivity contribution in [3.8, 4) is 5.75 Å². The van der Waals surface area contributed by atoms with E-state index in [1.165, 1.54) is 6.21 Å². The molecular formula is C19H20ClN3O3. The minimum Gasteiger partial charge on any atom is -0.492 e. The number of hydrogen-bond donors (Lipinski definition) is 2. The highest BCUT2D eigenvalue weighted by Gasteiger charge is 2.11. The normalized spacial score (nSPS) is 10.5. The second-order valence-electron chi connectivity index (χ2n) is 5.41. The molecule has 2 aromatic carbocycles. The van der Waals surface area contributed by atoms with Crippen molar-refractivity contribution in [2.45, 2.75) is 19.9 Å². The van der Waals surface area contributed by atoms with Gasteiger partial charge in [-0.05, 0) is 35.7 Å². The Morgan fingerprint density at radius 3 is 2.62 bits per heavy atom. The minimum absolute atomic E-state index is 0.269. The molecule has 0 aromatic heterocycles. The van der Waals surface area contributed by atoms with Crippen LogP contribution < -0.4 is 15.5 Å². The Bertz CT molecular complexity index is 779. The van der Waals surface area contributed by atoms with Gasteiger partial charge in [-0.3, -0.25) is 9.59 Å². The lowest BCUT2D eigenvalue weighted by molar-refractivity contribution is -0.139. The maximum absolute atomic E-state index is 11.7. The molecule has 7 heteroatoms. The molecule has 0 heterocycles. The monoisotopic (exact) mass is 373 g/mol. The number of halogens is 1. The molecule has 0 spiro atoms. The summed E-state index contributed by atoms with van der Waals surface area (Å²) in [6, 6.07) is 14.4. The highest BCUT2D eigenvalue weighted by Crippen LogP contribution is 2.24. The summed E-state index contributed by atoms with van der Waals surface area (Å²) in [7, 11) is 0. The van der Waals surface area contributed by atoms with Crippen molar-refractivity contribution in [1.82, 2.24) is 10.7 Å². The summed E-state index contributed by atoms with van der Waals surface area (Å²) in [6.07, 6.45) is 2.29. The van der Waals surface area contributed by atoms with Crippen LogP contribution in [0, 0.1) is 0 Å². The molecule has 0 saturated heterocycles. The molecule has 2 rings (SSSR count). The molecule has 2 amide bonds. The Hall–Kier alpha value is -2.86. The number of hydrazone groups is 1. The fourth-order valence-corrected chi connectivity index (χ4v) is 2.24. The summed E-state index contributed by atoms with van der Waals surface area (Å²) in [5.74, 6) is -1.01. The van der Waals surface area contributed by atoms with Gasteiger partial charge < -0.3 is 10.1 Å². The van der Waals surface area contributed by atoms with E-state index < -0.39 is 11.8 Å². The summed E-state index contributed by atoms with van der Waals surface area (Å²) in [4.78, 5) is 23.4. The summed E-state index contributed by atoms with van der Waals surface area (Å²) in [5.41, 5.74) is 3.75. The summed E-state index contributed by atoms with van der Waals surface area (Å²) < 4.78 is 5.48. The number of rotatable bonds is 7. The second-order valence-corrected chi connectivity index (χ2v) is 5.81. The van der Waals surface area contributed by atoms with Crippen molar-refractivity contribution in [2.75, 3.05) is 6.61 Å². The molecule has 0 aliphatic rings. The van der Waals surface area contributed by atoms with Crippen LogP contribution in [-0.2, 0) is 16.1 Å². The lowest BCUT2D eigenvalue weighted by Crippen LogP contribution is -2.37. The SMILES string of the molecule is CCCOc1ccc(/C=N\NC(=O)C(=O)NCc2ccccc2)cc1Cl. The molecule has 2 aromatic rings. The van der Waals surface area contributed by atoms with Crippen molar-refractivity contribution in [1.29, 1.82) is 0 Å². The quantitative estimate of drug-likeness (QED) is 0.445. The molecule has 0 atom stereocenters. The number of ether oxygens (including phenoxy) is 1. The van der Waals surface area contributed by atoms with E-state index in [9.17, 15) is 9.59 Å². The van der Waals surface area contributed by atoms with Gasteiger partial charge >= 0.3 is 11.8 Å². The van der Waals surface area contributed by atoms with Crippen molar-refractivity contribution in [2.24, 2.45) is 5.10 Å². The molecule has 136 valence electrons. The average Bonchev–Trinajstić information content (AvgIpc) is 2.66. The van der Waals surface area contributed by atoms with Crippen molar-refractivity contribution >= 4 is 29.6 Å². The zero-order valence-electron chi connectivity index (χ0n) is 14.4. The fraction of sp³-hybridized carbons (Fsp3) is 0.211. The maximum Gasteiger partial charge on any atom is 0.329 e. The van der Waals surface area contributed by atoms with E-state index in [-0.39, 0.29) is 6.54 Å². The standard InChI is InChI=1S/C19H20ClN3O3/c1-2-10-26-17-9-8-15(11-16(17)20)13-22-23-19(25)18(24)21-12-14-6-4-3-5-7-14/h3-9,11,13H,2,10,12H2,1H3,(H,21,24)(H,23,25)/b22-13-. The van der Waals surface area contributed by atoms with Gasteiger partial charge in [0.25, 0.3) is 0 Å². The molecule has 0 unspecified atom stereocenters. The van der Waals surface area contributed by atoms with Gasteiger partial charge in [-0.1, -0.05) is 48.9 Å². The van der Waals surface area contributed by atoms with Crippen LogP contribution in [0.2, 0.25) is 5.02 Å². The summed E-state index contributed by atoms with van der Waals surface area (Å²) >= 11 is 6.12. The van der Waals surface area contributed by atoms with Gasteiger partial charge in [-0.25, -0.2) is 5.43 Å². The van der Waals surface area contributed by atoms with E-state index in [1.807, 2.05) is 37.3 Å². The van der Waals surface area contributed by atoms with Crippen LogP contribution in [-0.4, -0.2) is 24.6 Å². The number of nitrogens with zero attached hydrogens (tertiary/aromatic N) is 1. The molecule has 26 heavy (non-hydrogen) atoms. The third-order valence-electron chi connectivity index (χ3n) is 3.30. The van der Waals surface area contributed by atoms with E-state index in [0.29, 0.717) is 22.9 Å². The van der Waals surface area contributed by atoms with Crippen LogP contribution in [0.15, 0.2) is 53.6 Å². The number of carbonyl (C=O) groups excluding carboxylic acids is 2. The lowest BCUT2D eigenvalue weighted by atomic mass is 10.2. The molecule has 0 aliphatic carbocycles. The molecular weight excluding hydrogens is 354 g/mol. The molecule has 0 radical (unpaired) electrons. The van der Waals surface area contributed by atoms with Crippen LogP contribution in [0.4, 0.5) is 0 Å². The first kappa shape index (κ1) is 19.5. The molecule has 0 fully saturated rings. The van der Waals surface area contributed by atoms with Crippen molar-refractivity contribution < 1.29 is 14.3 Å².